The third kappa shape index (κ3) is 3.48. The van der Waals surface area contributed by atoms with Crippen LogP contribution in [-0.2, 0) is 30.9 Å². The molecule has 1 saturated heterocycles. The molecule has 4 N–H and O–H groups in total. The molecule has 5 atom stereocenters. The number of likely N-dealkylation sites (N-methyl/N-ethyl adjacent to an activating group) is 1. The van der Waals surface area contributed by atoms with E-state index in [0.29, 0.717) is 18.6 Å². The first kappa shape index (κ1) is 26.6. The highest BCUT2D eigenvalue weighted by Gasteiger charge is 2.72. The fraction of sp³-hybridized carbons (Fsp3) is 0.565. The summed E-state index contributed by atoms with van der Waals surface area (Å²) in [4.78, 5) is 26.6. The van der Waals surface area contributed by atoms with Crippen LogP contribution in [0.4, 0.5) is 0 Å². The quantitative estimate of drug-likeness (QED) is 0.495. The Morgan fingerprint density at radius 2 is 2.09 bits per heavy atom. The number of nitrogens with two attached hydrogens (primary N) is 1. The van der Waals surface area contributed by atoms with E-state index in [1.165, 1.54) is 6.92 Å². The average molecular weight is 517 g/mol. The van der Waals surface area contributed by atoms with Crippen LogP contribution in [0.3, 0.4) is 0 Å². The SMILES string of the molecule is CC(OC(=O)CCN)C(=O)OC1=CC[C@@]2(O)[C@H]3Cc4ccc(O)c5c4[C@@]2(CCN3C)[C@H]1O5.Cl.Cl. The maximum absolute atomic E-state index is 12.7. The van der Waals surface area contributed by atoms with Crippen molar-refractivity contribution in [2.45, 2.75) is 61.9 Å². The molecule has 2 aliphatic carbocycles. The minimum Gasteiger partial charge on any atom is -0.504 e. The summed E-state index contributed by atoms with van der Waals surface area (Å²) >= 11 is 0. The van der Waals surface area contributed by atoms with Gasteiger partial charge in [0, 0.05) is 24.6 Å². The van der Waals surface area contributed by atoms with Gasteiger partial charge in [-0.1, -0.05) is 6.07 Å². The highest BCUT2D eigenvalue weighted by molar-refractivity contribution is 5.85. The third-order valence-electron chi connectivity index (χ3n) is 7.56. The number of esters is 2. The van der Waals surface area contributed by atoms with Crippen LogP contribution in [0.5, 0.6) is 11.5 Å². The third-order valence-corrected chi connectivity index (χ3v) is 7.56. The predicted molar refractivity (Wildman–Crippen MR) is 126 cm³/mol. The van der Waals surface area contributed by atoms with Gasteiger partial charge < -0.3 is 35.1 Å². The van der Waals surface area contributed by atoms with E-state index in [2.05, 4.69) is 4.90 Å². The summed E-state index contributed by atoms with van der Waals surface area (Å²) < 4.78 is 17.0. The van der Waals surface area contributed by atoms with Crippen LogP contribution < -0.4 is 10.5 Å². The Morgan fingerprint density at radius 1 is 1.35 bits per heavy atom. The van der Waals surface area contributed by atoms with Crippen LogP contribution in [0.15, 0.2) is 24.0 Å². The van der Waals surface area contributed by atoms with E-state index < -0.39 is 35.2 Å². The second-order valence-electron chi connectivity index (χ2n) is 9.19. The number of piperidine rings is 1. The molecule has 188 valence electrons. The monoisotopic (exact) mass is 516 g/mol. The first-order valence-electron chi connectivity index (χ1n) is 11.0. The normalized spacial score (nSPS) is 31.0. The Kier molecular flexibility index (Phi) is 7.19. The number of phenolic OH excluding ortho intramolecular Hbond substituents is 1. The van der Waals surface area contributed by atoms with Crippen molar-refractivity contribution in [2.75, 3.05) is 20.1 Å². The van der Waals surface area contributed by atoms with Crippen LogP contribution in [-0.4, -0.2) is 71.0 Å². The van der Waals surface area contributed by atoms with E-state index in [0.717, 1.165) is 17.7 Å². The zero-order chi connectivity index (χ0) is 22.8. The van der Waals surface area contributed by atoms with E-state index in [4.69, 9.17) is 19.9 Å². The number of ether oxygens (including phenoxy) is 3. The molecule has 1 unspecified atom stereocenters. The molecular formula is C23H30Cl2N2O7. The standard InChI is InChI=1S/C23H28N2O7.2ClH/c1-12(30-17(27)6-9-24)21(28)31-15-5-7-23(29)16-11-13-3-4-14(26)19-18(13)22(23,20(15)32-19)8-10-25(16)2;;/h3-5,12,16,20,26,29H,6-11,24H2,1-2H3;2*1H/t12?,16-,20+,22+,23-;;/m1../s1. The van der Waals surface area contributed by atoms with E-state index in [9.17, 15) is 19.8 Å². The van der Waals surface area contributed by atoms with Gasteiger partial charge in [0.1, 0.15) is 5.76 Å². The summed E-state index contributed by atoms with van der Waals surface area (Å²) in [5.74, 6) is -0.685. The van der Waals surface area contributed by atoms with Crippen molar-refractivity contribution in [1.82, 2.24) is 4.90 Å². The number of hydrogen-bond acceptors (Lipinski definition) is 9. The van der Waals surface area contributed by atoms with Gasteiger partial charge in [0.15, 0.2) is 23.7 Å². The van der Waals surface area contributed by atoms with E-state index in [1.54, 1.807) is 12.1 Å². The maximum atomic E-state index is 12.7. The van der Waals surface area contributed by atoms with E-state index in [-0.39, 0.29) is 61.8 Å². The Hall–Kier alpha value is -2.04. The largest absolute Gasteiger partial charge is 0.504 e. The maximum Gasteiger partial charge on any atom is 0.352 e. The molecular weight excluding hydrogens is 487 g/mol. The number of halogens is 2. The second-order valence-corrected chi connectivity index (χ2v) is 9.19. The Labute approximate surface area is 210 Å². The number of hydrogen-bond donors (Lipinski definition) is 3. The van der Waals surface area contributed by atoms with Crippen molar-refractivity contribution >= 4 is 36.8 Å². The molecule has 1 spiro atoms. The lowest BCUT2D eigenvalue weighted by Crippen LogP contribution is -2.74. The zero-order valence-electron chi connectivity index (χ0n) is 19.0. The molecule has 0 aromatic heterocycles. The van der Waals surface area contributed by atoms with Gasteiger partial charge in [0.05, 0.1) is 17.4 Å². The summed E-state index contributed by atoms with van der Waals surface area (Å²) in [6, 6.07) is 3.36. The van der Waals surface area contributed by atoms with Crippen molar-refractivity contribution in [3.63, 3.8) is 0 Å². The summed E-state index contributed by atoms with van der Waals surface area (Å²) in [7, 11) is 2.00. The van der Waals surface area contributed by atoms with Crippen LogP contribution in [0.2, 0.25) is 0 Å². The van der Waals surface area contributed by atoms with E-state index >= 15 is 0 Å². The number of carbonyl (C=O) groups is 2. The molecule has 34 heavy (non-hydrogen) atoms. The van der Waals surface area contributed by atoms with Gasteiger partial charge in [0.2, 0.25) is 0 Å². The van der Waals surface area contributed by atoms with Gasteiger partial charge in [-0.25, -0.2) is 4.79 Å². The van der Waals surface area contributed by atoms with Gasteiger partial charge in [-0.05, 0) is 51.1 Å². The predicted octanol–water partition coefficient (Wildman–Crippen LogP) is 1.34. The summed E-state index contributed by atoms with van der Waals surface area (Å²) in [5, 5.41) is 22.6. The molecule has 1 fully saturated rings. The number of nitrogens with zero attached hydrogens (tertiary/aromatic N) is 1. The van der Waals surface area contributed by atoms with Crippen LogP contribution in [0, 0.1) is 0 Å². The number of likely N-dealkylation sites (tertiary alicyclic amines) is 1. The first-order valence-corrected chi connectivity index (χ1v) is 11.0. The first-order chi connectivity index (χ1) is 15.2. The van der Waals surface area contributed by atoms with Crippen molar-refractivity contribution in [3.8, 4) is 11.5 Å². The molecule has 0 amide bonds. The minimum absolute atomic E-state index is 0. The average Bonchev–Trinajstić information content (AvgIpc) is 3.10. The number of rotatable bonds is 5. The fourth-order valence-electron chi connectivity index (χ4n) is 6.06. The van der Waals surface area contributed by atoms with Crippen LogP contribution >= 0.6 is 24.8 Å². The molecule has 5 rings (SSSR count). The van der Waals surface area contributed by atoms with Gasteiger partial charge in [-0.3, -0.25) is 4.79 Å². The number of phenols is 1. The Bertz CT molecular complexity index is 1030. The van der Waals surface area contributed by atoms with Crippen molar-refractivity contribution < 1.29 is 34.0 Å². The summed E-state index contributed by atoms with van der Waals surface area (Å²) in [6.45, 7) is 2.30. The van der Waals surface area contributed by atoms with Gasteiger partial charge >= 0.3 is 11.9 Å². The minimum atomic E-state index is -1.13. The van der Waals surface area contributed by atoms with Gasteiger partial charge in [-0.15, -0.1) is 24.8 Å². The molecule has 11 heteroatoms. The number of carbonyl (C=O) groups excluding carboxylic acids is 2. The van der Waals surface area contributed by atoms with Gasteiger partial charge in [0.25, 0.3) is 0 Å². The highest BCUT2D eigenvalue weighted by atomic mass is 35.5. The summed E-state index contributed by atoms with van der Waals surface area (Å²) in [6.07, 6.45) is 1.32. The molecule has 2 bridgehead atoms. The molecule has 0 radical (unpaired) electrons. The van der Waals surface area contributed by atoms with Crippen LogP contribution in [0.25, 0.3) is 0 Å². The van der Waals surface area contributed by atoms with Crippen molar-refractivity contribution in [3.05, 3.63) is 35.1 Å². The fourth-order valence-corrected chi connectivity index (χ4v) is 6.06. The number of aromatic hydroxyl groups is 1. The number of benzene rings is 1. The zero-order valence-corrected chi connectivity index (χ0v) is 20.6. The van der Waals surface area contributed by atoms with Gasteiger partial charge in [-0.2, -0.15) is 0 Å². The topological polar surface area (TPSA) is 132 Å². The lowest BCUT2D eigenvalue weighted by atomic mass is 9.50. The smallest absolute Gasteiger partial charge is 0.352 e. The molecule has 4 aliphatic rings. The van der Waals surface area contributed by atoms with E-state index in [1.807, 2.05) is 13.1 Å². The lowest BCUT2D eigenvalue weighted by molar-refractivity contribution is -0.175. The molecule has 1 aromatic carbocycles. The molecule has 2 aliphatic heterocycles. The van der Waals surface area contributed by atoms with Crippen LogP contribution in [0.1, 0.15) is 37.3 Å². The molecule has 9 nitrogen and oxygen atoms in total. The molecule has 1 aromatic rings. The number of aliphatic hydroxyl groups is 1. The Morgan fingerprint density at radius 3 is 2.79 bits per heavy atom. The molecule has 0 saturated carbocycles. The van der Waals surface area contributed by atoms with Crippen molar-refractivity contribution in [1.29, 1.82) is 0 Å². The second kappa shape index (κ2) is 9.20. The Balaban J connectivity index is 0.00000162. The summed E-state index contributed by atoms with van der Waals surface area (Å²) in [5.41, 5.74) is 5.23. The van der Waals surface area contributed by atoms with Crippen molar-refractivity contribution in [2.24, 2.45) is 5.73 Å². The highest BCUT2D eigenvalue weighted by Crippen LogP contribution is 2.65. The lowest BCUT2D eigenvalue weighted by Gasteiger charge is -2.61. The molecule has 2 heterocycles.